The molecule has 0 spiro atoms. The van der Waals surface area contributed by atoms with Crippen LogP contribution in [-0.4, -0.2) is 11.0 Å². The lowest BCUT2D eigenvalue weighted by Gasteiger charge is -1.77. The minimum Gasteiger partial charge on any atom is -0.357 e. The van der Waals surface area contributed by atoms with Crippen LogP contribution in [0.4, 0.5) is 4.39 Å². The Morgan fingerprint density at radius 1 is 1.75 bits per heavy atom. The molecule has 0 atom stereocenters. The third-order valence-electron chi connectivity index (χ3n) is 0.810. The fraction of sp³-hybridized carbons (Fsp3) is 0. The van der Waals surface area contributed by atoms with Gasteiger partial charge in [-0.25, -0.2) is 0 Å². The Morgan fingerprint density at radius 2 is 2.50 bits per heavy atom. The Morgan fingerprint density at radius 3 is 2.75 bits per heavy atom. The maximum atomic E-state index is 11.6. The van der Waals surface area contributed by atoms with Crippen molar-refractivity contribution in [3.8, 4) is 0 Å². The van der Waals surface area contributed by atoms with Crippen LogP contribution in [-0.2, 0) is 0 Å². The van der Waals surface area contributed by atoms with E-state index in [1.165, 1.54) is 12.3 Å². The fourth-order valence-corrected chi connectivity index (χ4v) is 0.453. The fourth-order valence-electron chi connectivity index (χ4n) is 0.453. The predicted molar refractivity (Wildman–Crippen MR) is 26.2 cm³/mol. The molecule has 0 aromatic carbocycles. The maximum Gasteiger partial charge on any atom is 0.348 e. The van der Waals surface area contributed by atoms with Crippen molar-refractivity contribution in [1.82, 2.24) is 4.98 Å². The van der Waals surface area contributed by atoms with E-state index in [1.54, 1.807) is 6.07 Å². The van der Waals surface area contributed by atoms with E-state index in [0.29, 0.717) is 0 Å². The quantitative estimate of drug-likeness (QED) is 0.544. The van der Waals surface area contributed by atoms with Gasteiger partial charge in [-0.05, 0) is 12.1 Å². The van der Waals surface area contributed by atoms with E-state index >= 15 is 0 Å². The SMILES string of the molecule is O=C(F)c1ccc[nH]1. The molecule has 3 heteroatoms. The normalized spacial score (nSPS) is 9.12. The first-order valence-corrected chi connectivity index (χ1v) is 2.14. The zero-order valence-electron chi connectivity index (χ0n) is 4.02. The molecule has 1 aromatic heterocycles. The minimum absolute atomic E-state index is 0.00463. The minimum atomic E-state index is -1.42. The number of H-pyrrole nitrogens is 1. The van der Waals surface area contributed by atoms with Gasteiger partial charge < -0.3 is 4.98 Å². The van der Waals surface area contributed by atoms with Gasteiger partial charge in [-0.15, -0.1) is 0 Å². The summed E-state index contributed by atoms with van der Waals surface area (Å²) >= 11 is 0. The van der Waals surface area contributed by atoms with Gasteiger partial charge in [-0.2, -0.15) is 4.39 Å². The third kappa shape index (κ3) is 0.753. The molecular formula is C5H4FNO. The average Bonchev–Trinajstić information content (AvgIpc) is 2.12. The number of nitrogens with one attached hydrogen (secondary N) is 1. The first-order chi connectivity index (χ1) is 3.80. The van der Waals surface area contributed by atoms with Crippen molar-refractivity contribution in [1.29, 1.82) is 0 Å². The van der Waals surface area contributed by atoms with E-state index in [4.69, 9.17) is 0 Å². The summed E-state index contributed by atoms with van der Waals surface area (Å²) in [4.78, 5) is 12.2. The highest BCUT2D eigenvalue weighted by Gasteiger charge is 1.99. The average molecular weight is 113 g/mol. The van der Waals surface area contributed by atoms with Crippen LogP contribution in [0.1, 0.15) is 10.5 Å². The molecule has 0 bridgehead atoms. The second-order valence-corrected chi connectivity index (χ2v) is 1.36. The monoisotopic (exact) mass is 113 g/mol. The Balaban J connectivity index is 2.93. The lowest BCUT2D eigenvalue weighted by atomic mass is 10.5. The summed E-state index contributed by atoms with van der Waals surface area (Å²) in [5.41, 5.74) is 0.00463. The molecule has 0 radical (unpaired) electrons. The molecule has 1 N–H and O–H groups in total. The molecule has 0 amide bonds. The highest BCUT2D eigenvalue weighted by molar-refractivity contribution is 5.86. The summed E-state index contributed by atoms with van der Waals surface area (Å²) in [6.45, 7) is 0. The molecule has 0 aliphatic carbocycles. The van der Waals surface area contributed by atoms with Crippen LogP contribution in [0.2, 0.25) is 0 Å². The number of aromatic amines is 1. The van der Waals surface area contributed by atoms with E-state index in [1.807, 2.05) is 0 Å². The Labute approximate surface area is 45.3 Å². The van der Waals surface area contributed by atoms with Crippen LogP contribution < -0.4 is 0 Å². The molecule has 2 nitrogen and oxygen atoms in total. The van der Waals surface area contributed by atoms with Gasteiger partial charge in [-0.1, -0.05) is 0 Å². The Hall–Kier alpha value is -1.12. The highest BCUT2D eigenvalue weighted by atomic mass is 19.1. The van der Waals surface area contributed by atoms with Gasteiger partial charge in [0.1, 0.15) is 5.69 Å². The summed E-state index contributed by atoms with van der Waals surface area (Å²) in [5.74, 6) is 0. The zero-order valence-corrected chi connectivity index (χ0v) is 4.02. The molecule has 0 aliphatic heterocycles. The highest BCUT2D eigenvalue weighted by Crippen LogP contribution is 1.94. The van der Waals surface area contributed by atoms with Crippen molar-refractivity contribution >= 4 is 6.04 Å². The lowest BCUT2D eigenvalue weighted by molar-refractivity contribution is 0.0831. The molecule has 42 valence electrons. The number of rotatable bonds is 1. The zero-order chi connectivity index (χ0) is 5.98. The summed E-state index contributed by atoms with van der Waals surface area (Å²) < 4.78 is 11.6. The molecule has 1 aromatic rings. The van der Waals surface area contributed by atoms with Crippen molar-refractivity contribution in [3.63, 3.8) is 0 Å². The van der Waals surface area contributed by atoms with E-state index in [-0.39, 0.29) is 5.69 Å². The number of hydrogen-bond acceptors (Lipinski definition) is 1. The van der Waals surface area contributed by atoms with Crippen LogP contribution in [0.25, 0.3) is 0 Å². The molecule has 0 aliphatic rings. The van der Waals surface area contributed by atoms with Gasteiger partial charge in [-0.3, -0.25) is 4.79 Å². The van der Waals surface area contributed by atoms with Crippen LogP contribution in [0.3, 0.4) is 0 Å². The smallest absolute Gasteiger partial charge is 0.348 e. The third-order valence-corrected chi connectivity index (χ3v) is 0.810. The van der Waals surface area contributed by atoms with Crippen molar-refractivity contribution in [2.24, 2.45) is 0 Å². The molecule has 0 saturated carbocycles. The predicted octanol–water partition coefficient (Wildman–Crippen LogP) is 1.12. The van der Waals surface area contributed by atoms with Gasteiger partial charge in [0.05, 0.1) is 0 Å². The molecule has 0 unspecified atom stereocenters. The molecular weight excluding hydrogens is 109 g/mol. The van der Waals surface area contributed by atoms with E-state index in [0.717, 1.165) is 0 Å². The van der Waals surface area contributed by atoms with Gasteiger partial charge in [0.2, 0.25) is 0 Å². The standard InChI is InChI=1S/C5H4FNO/c6-5(8)4-2-1-3-7-4/h1-3,7H. The summed E-state index contributed by atoms with van der Waals surface area (Å²) in [6.07, 6.45) is 1.49. The lowest BCUT2D eigenvalue weighted by Crippen LogP contribution is -1.87. The molecule has 0 saturated heterocycles. The number of carbonyl (C=O) groups is 1. The number of carbonyl (C=O) groups excluding carboxylic acids is 1. The van der Waals surface area contributed by atoms with Crippen molar-refractivity contribution in [2.45, 2.75) is 0 Å². The first-order valence-electron chi connectivity index (χ1n) is 2.14. The topological polar surface area (TPSA) is 32.9 Å². The van der Waals surface area contributed by atoms with Gasteiger partial charge in [0, 0.05) is 6.20 Å². The van der Waals surface area contributed by atoms with E-state index in [2.05, 4.69) is 4.98 Å². The number of halogens is 1. The van der Waals surface area contributed by atoms with E-state index < -0.39 is 6.04 Å². The summed E-state index contributed by atoms with van der Waals surface area (Å²) in [7, 11) is 0. The van der Waals surface area contributed by atoms with Crippen molar-refractivity contribution in [2.75, 3.05) is 0 Å². The van der Waals surface area contributed by atoms with E-state index in [9.17, 15) is 9.18 Å². The second kappa shape index (κ2) is 1.78. The van der Waals surface area contributed by atoms with Crippen LogP contribution in [0.5, 0.6) is 0 Å². The van der Waals surface area contributed by atoms with Crippen LogP contribution in [0, 0.1) is 0 Å². The van der Waals surface area contributed by atoms with Gasteiger partial charge in [0.15, 0.2) is 0 Å². The van der Waals surface area contributed by atoms with Gasteiger partial charge >= 0.3 is 6.04 Å². The van der Waals surface area contributed by atoms with Crippen LogP contribution >= 0.6 is 0 Å². The van der Waals surface area contributed by atoms with Gasteiger partial charge in [0.25, 0.3) is 0 Å². The molecule has 0 fully saturated rings. The first kappa shape index (κ1) is 5.03. The Kier molecular flexibility index (Phi) is 1.12. The summed E-state index contributed by atoms with van der Waals surface area (Å²) in [6, 6.07) is 1.52. The molecule has 1 heterocycles. The van der Waals surface area contributed by atoms with Crippen molar-refractivity contribution < 1.29 is 9.18 Å². The van der Waals surface area contributed by atoms with Crippen molar-refractivity contribution in [3.05, 3.63) is 24.0 Å². The summed E-state index contributed by atoms with van der Waals surface area (Å²) in [5, 5.41) is 0. The maximum absolute atomic E-state index is 11.6. The molecule has 1 rings (SSSR count). The Bertz CT molecular complexity index is 180. The number of aromatic nitrogens is 1. The number of hydrogen-bond donors (Lipinski definition) is 1. The molecule has 8 heavy (non-hydrogen) atoms. The second-order valence-electron chi connectivity index (χ2n) is 1.36. The van der Waals surface area contributed by atoms with Crippen LogP contribution in [0.15, 0.2) is 18.3 Å². The largest absolute Gasteiger partial charge is 0.357 e.